The Morgan fingerprint density at radius 1 is 0.897 bits per heavy atom. The quantitative estimate of drug-likeness (QED) is 0.275. The second-order valence-corrected chi connectivity index (χ2v) is 15.7. The zero-order valence-electron chi connectivity index (χ0n) is 24.0. The third kappa shape index (κ3) is 7.55. The van der Waals surface area contributed by atoms with Crippen molar-refractivity contribution in [3.8, 4) is 5.75 Å². The van der Waals surface area contributed by atoms with Crippen molar-refractivity contribution < 1.29 is 23.5 Å². The van der Waals surface area contributed by atoms with E-state index in [1.165, 1.54) is 10.4 Å². The van der Waals surface area contributed by atoms with Crippen molar-refractivity contribution in [2.24, 2.45) is 0 Å². The highest BCUT2D eigenvalue weighted by atomic mass is 28.4. The first-order valence-electron chi connectivity index (χ1n) is 13.2. The van der Waals surface area contributed by atoms with Crippen molar-refractivity contribution in [2.45, 2.75) is 65.7 Å². The number of ether oxygens (including phenoxy) is 2. The zero-order valence-corrected chi connectivity index (χ0v) is 25.0. The molecule has 8 heteroatoms. The van der Waals surface area contributed by atoms with E-state index in [-0.39, 0.29) is 23.1 Å². The van der Waals surface area contributed by atoms with E-state index in [2.05, 4.69) is 79.6 Å². The van der Waals surface area contributed by atoms with Crippen molar-refractivity contribution in [3.63, 3.8) is 0 Å². The van der Waals surface area contributed by atoms with Crippen LogP contribution in [-0.4, -0.2) is 43.9 Å². The van der Waals surface area contributed by atoms with Gasteiger partial charge in [-0.05, 0) is 54.7 Å². The molecule has 0 saturated carbocycles. The maximum atomic E-state index is 12.9. The Morgan fingerprint density at radius 2 is 1.46 bits per heavy atom. The minimum absolute atomic E-state index is 0.155. The van der Waals surface area contributed by atoms with Crippen LogP contribution in [0.2, 0.25) is 5.04 Å². The van der Waals surface area contributed by atoms with Gasteiger partial charge in [-0.2, -0.15) is 0 Å². The molecule has 3 rings (SSSR count). The second-order valence-electron chi connectivity index (χ2n) is 11.4. The Hall–Kier alpha value is -3.49. The van der Waals surface area contributed by atoms with Gasteiger partial charge in [0.25, 0.3) is 8.32 Å². The molecular weight excluding hydrogens is 508 g/mol. The second kappa shape index (κ2) is 12.6. The van der Waals surface area contributed by atoms with Crippen molar-refractivity contribution in [2.75, 3.05) is 13.2 Å². The molecule has 1 N–H and O–H groups in total. The van der Waals surface area contributed by atoms with E-state index in [1.807, 2.05) is 19.1 Å². The van der Waals surface area contributed by atoms with Crippen LogP contribution in [0.3, 0.4) is 0 Å². The summed E-state index contributed by atoms with van der Waals surface area (Å²) in [4.78, 5) is 29.3. The van der Waals surface area contributed by atoms with E-state index in [4.69, 9.17) is 13.9 Å². The number of nitrogens with one attached hydrogen (secondary N) is 1. The van der Waals surface area contributed by atoms with Crippen LogP contribution in [0.25, 0.3) is 0 Å². The molecule has 208 valence electrons. The Bertz CT molecular complexity index is 1210. The summed E-state index contributed by atoms with van der Waals surface area (Å²) in [7, 11) is -2.75. The minimum atomic E-state index is -2.75. The smallest absolute Gasteiger partial charge is 0.408 e. The lowest BCUT2D eigenvalue weighted by atomic mass is 10.2. The number of hydrogen-bond donors (Lipinski definition) is 1. The number of ketones is 1. The molecular formula is C31H40N2O5Si. The number of benzene rings is 2. The molecule has 2 aromatic carbocycles. The Morgan fingerprint density at radius 3 is 1.95 bits per heavy atom. The van der Waals surface area contributed by atoms with Crippen LogP contribution in [0.15, 0.2) is 72.9 Å². The van der Waals surface area contributed by atoms with E-state index in [0.29, 0.717) is 19.0 Å². The first-order chi connectivity index (χ1) is 18.4. The van der Waals surface area contributed by atoms with Crippen molar-refractivity contribution in [3.05, 3.63) is 84.2 Å². The first-order valence-corrected chi connectivity index (χ1v) is 15.1. The van der Waals surface area contributed by atoms with Gasteiger partial charge in [0.05, 0.1) is 19.8 Å². The first kappa shape index (κ1) is 30.1. The molecule has 0 aliphatic heterocycles. The standard InChI is InChI=1S/C31H40N2O5Si/c1-8-36-27-19-23(20-32-28(27)26(34)21-33-29(35)38-30(2,3)4)22-37-39(31(5,6)7,24-15-11-9-12-16-24)25-17-13-10-14-18-25/h9-20H,8,21-22H2,1-7H3,(H,33,35). The minimum Gasteiger partial charge on any atom is -0.491 e. The maximum Gasteiger partial charge on any atom is 0.408 e. The van der Waals surface area contributed by atoms with Gasteiger partial charge in [-0.3, -0.25) is 4.79 Å². The van der Waals surface area contributed by atoms with E-state index < -0.39 is 20.0 Å². The number of rotatable bonds is 10. The van der Waals surface area contributed by atoms with E-state index in [0.717, 1.165) is 5.56 Å². The lowest BCUT2D eigenvalue weighted by Gasteiger charge is -2.43. The van der Waals surface area contributed by atoms with E-state index >= 15 is 0 Å². The largest absolute Gasteiger partial charge is 0.491 e. The molecule has 3 aromatic rings. The highest BCUT2D eigenvalue weighted by Gasteiger charge is 2.50. The number of nitrogens with zero attached hydrogens (tertiary/aromatic N) is 1. The van der Waals surface area contributed by atoms with Crippen LogP contribution in [0.5, 0.6) is 5.75 Å². The third-order valence-corrected chi connectivity index (χ3v) is 11.1. The van der Waals surface area contributed by atoms with Gasteiger partial charge in [0.15, 0.2) is 0 Å². The molecule has 1 amide bonds. The van der Waals surface area contributed by atoms with Crippen molar-refractivity contribution in [1.82, 2.24) is 10.3 Å². The average molecular weight is 549 g/mol. The van der Waals surface area contributed by atoms with Gasteiger partial charge >= 0.3 is 6.09 Å². The normalized spacial score (nSPS) is 12.1. The fourth-order valence-corrected chi connectivity index (χ4v) is 9.08. The molecule has 0 aliphatic rings. The number of aromatic nitrogens is 1. The molecule has 0 fully saturated rings. The number of alkyl carbamates (subject to hydrolysis) is 1. The highest BCUT2D eigenvalue weighted by Crippen LogP contribution is 2.37. The van der Waals surface area contributed by atoms with Gasteiger partial charge in [0.2, 0.25) is 5.78 Å². The summed E-state index contributed by atoms with van der Waals surface area (Å²) in [6, 6.07) is 22.6. The average Bonchev–Trinajstić information content (AvgIpc) is 2.87. The van der Waals surface area contributed by atoms with Crippen LogP contribution < -0.4 is 20.4 Å². The van der Waals surface area contributed by atoms with E-state index in [1.54, 1.807) is 33.0 Å². The molecule has 0 bridgehead atoms. The molecule has 0 spiro atoms. The molecule has 0 aliphatic carbocycles. The Balaban J connectivity index is 1.89. The summed E-state index contributed by atoms with van der Waals surface area (Å²) in [6.07, 6.45) is 0.977. The number of carbonyl (C=O) groups excluding carboxylic acids is 2. The predicted octanol–water partition coefficient (Wildman–Crippen LogP) is 5.26. The van der Waals surface area contributed by atoms with Crippen molar-refractivity contribution in [1.29, 1.82) is 0 Å². The van der Waals surface area contributed by atoms with Crippen LogP contribution in [-0.2, 0) is 15.8 Å². The molecule has 0 saturated heterocycles. The molecule has 0 atom stereocenters. The third-order valence-electron chi connectivity index (χ3n) is 6.14. The van der Waals surface area contributed by atoms with Gasteiger partial charge in [0.1, 0.15) is 17.0 Å². The lowest BCUT2D eigenvalue weighted by molar-refractivity contribution is 0.0520. The lowest BCUT2D eigenvalue weighted by Crippen LogP contribution is -2.66. The summed E-state index contributed by atoms with van der Waals surface area (Å²) in [5.41, 5.74) is 0.291. The molecule has 7 nitrogen and oxygen atoms in total. The number of pyridine rings is 1. The Labute approximate surface area is 233 Å². The van der Waals surface area contributed by atoms with Crippen LogP contribution >= 0.6 is 0 Å². The SMILES string of the molecule is CCOc1cc(CO[Si](c2ccccc2)(c2ccccc2)C(C)(C)C)cnc1C(=O)CNC(=O)OC(C)(C)C. The monoisotopic (exact) mass is 548 g/mol. The van der Waals surface area contributed by atoms with Gasteiger partial charge in [-0.1, -0.05) is 81.4 Å². The van der Waals surface area contributed by atoms with Gasteiger partial charge < -0.3 is 19.2 Å². The van der Waals surface area contributed by atoms with Gasteiger partial charge in [0, 0.05) is 6.20 Å². The summed E-state index contributed by atoms with van der Waals surface area (Å²) in [5, 5.41) is 4.69. The Kier molecular flexibility index (Phi) is 9.69. The zero-order chi connectivity index (χ0) is 28.7. The van der Waals surface area contributed by atoms with Gasteiger partial charge in [-0.25, -0.2) is 9.78 Å². The van der Waals surface area contributed by atoms with Crippen molar-refractivity contribution >= 4 is 30.6 Å². The fourth-order valence-electron chi connectivity index (χ4n) is 4.54. The molecule has 1 heterocycles. The molecule has 0 unspecified atom stereocenters. The summed E-state index contributed by atoms with van der Waals surface area (Å²) < 4.78 is 18.0. The highest BCUT2D eigenvalue weighted by molar-refractivity contribution is 6.99. The number of amides is 1. The topological polar surface area (TPSA) is 86.8 Å². The summed E-state index contributed by atoms with van der Waals surface area (Å²) >= 11 is 0. The summed E-state index contributed by atoms with van der Waals surface area (Å²) in [5.74, 6) is -0.0131. The predicted molar refractivity (Wildman–Crippen MR) is 156 cm³/mol. The number of Topliss-reactive ketones (excluding diaryl/α,β-unsaturated/α-hetero) is 1. The van der Waals surface area contributed by atoms with Crippen LogP contribution in [0, 0.1) is 0 Å². The number of hydrogen-bond acceptors (Lipinski definition) is 6. The number of carbonyl (C=O) groups is 2. The van der Waals surface area contributed by atoms with Crippen LogP contribution in [0.1, 0.15) is 64.5 Å². The van der Waals surface area contributed by atoms with Gasteiger partial charge in [-0.15, -0.1) is 0 Å². The molecule has 39 heavy (non-hydrogen) atoms. The molecule has 0 radical (unpaired) electrons. The maximum absolute atomic E-state index is 12.9. The van der Waals surface area contributed by atoms with E-state index in [9.17, 15) is 9.59 Å². The fraction of sp³-hybridized carbons (Fsp3) is 0.387. The van der Waals surface area contributed by atoms with Crippen LogP contribution in [0.4, 0.5) is 4.79 Å². The molecule has 1 aromatic heterocycles. The summed E-state index contributed by atoms with van der Waals surface area (Å²) in [6.45, 7) is 14.2.